The number of carbonyl (C=O) groups excluding carboxylic acids is 1. The Labute approximate surface area is 145 Å². The van der Waals surface area contributed by atoms with Crippen LogP contribution < -0.4 is 10.6 Å². The van der Waals surface area contributed by atoms with Gasteiger partial charge in [0, 0.05) is 32.7 Å². The van der Waals surface area contributed by atoms with E-state index < -0.39 is 0 Å². The zero-order valence-corrected chi connectivity index (χ0v) is 14.9. The maximum absolute atomic E-state index is 12.2. The number of hydrogen-bond acceptors (Lipinski definition) is 3. The molecule has 0 spiro atoms. The van der Waals surface area contributed by atoms with Crippen LogP contribution in [0.25, 0.3) is 0 Å². The molecule has 0 saturated carbocycles. The molecule has 0 bridgehead atoms. The van der Waals surface area contributed by atoms with Crippen LogP contribution in [0.2, 0.25) is 0 Å². The highest BCUT2D eigenvalue weighted by molar-refractivity contribution is 5.85. The van der Waals surface area contributed by atoms with E-state index in [0.29, 0.717) is 12.5 Å². The summed E-state index contributed by atoms with van der Waals surface area (Å²) in [6, 6.07) is 10.3. The minimum absolute atomic E-state index is 0. The van der Waals surface area contributed by atoms with E-state index in [1.54, 1.807) is 0 Å². The van der Waals surface area contributed by atoms with Gasteiger partial charge in [-0.25, -0.2) is 0 Å². The Balaban J connectivity index is 0.00000220. The number of halogens is 2. The highest BCUT2D eigenvalue weighted by atomic mass is 35.5. The molecule has 1 aromatic rings. The van der Waals surface area contributed by atoms with Gasteiger partial charge in [-0.15, -0.1) is 24.8 Å². The number of carbonyl (C=O) groups is 1. The summed E-state index contributed by atoms with van der Waals surface area (Å²) >= 11 is 0. The first-order chi connectivity index (χ1) is 9.68. The van der Waals surface area contributed by atoms with Crippen molar-refractivity contribution in [2.24, 2.45) is 0 Å². The second kappa shape index (κ2) is 10.8. The quantitative estimate of drug-likeness (QED) is 0.856. The SMILES string of the molecule is CC(CNC(=O)C(C)N1CCNCC1)c1ccccc1.Cl.Cl. The molecule has 6 heteroatoms. The average Bonchev–Trinajstić information content (AvgIpc) is 2.53. The van der Waals surface area contributed by atoms with Crippen LogP contribution in [0.1, 0.15) is 25.3 Å². The van der Waals surface area contributed by atoms with Crippen LogP contribution in [0.5, 0.6) is 0 Å². The van der Waals surface area contributed by atoms with Gasteiger partial charge in [-0.05, 0) is 18.4 Å². The smallest absolute Gasteiger partial charge is 0.237 e. The van der Waals surface area contributed by atoms with Gasteiger partial charge in [-0.2, -0.15) is 0 Å². The summed E-state index contributed by atoms with van der Waals surface area (Å²) in [5.41, 5.74) is 1.27. The van der Waals surface area contributed by atoms with Crippen molar-refractivity contribution in [1.29, 1.82) is 0 Å². The molecule has 1 amide bonds. The molecular weight excluding hydrogens is 321 g/mol. The van der Waals surface area contributed by atoms with E-state index in [1.165, 1.54) is 5.56 Å². The van der Waals surface area contributed by atoms with E-state index in [-0.39, 0.29) is 36.8 Å². The van der Waals surface area contributed by atoms with Gasteiger partial charge in [0.1, 0.15) is 0 Å². The first-order valence-corrected chi connectivity index (χ1v) is 7.46. The molecule has 2 N–H and O–H groups in total. The van der Waals surface area contributed by atoms with Crippen molar-refractivity contribution in [2.75, 3.05) is 32.7 Å². The molecule has 1 aliphatic rings. The minimum Gasteiger partial charge on any atom is -0.354 e. The van der Waals surface area contributed by atoms with Gasteiger partial charge in [0.15, 0.2) is 0 Å². The maximum atomic E-state index is 12.2. The lowest BCUT2D eigenvalue weighted by Crippen LogP contribution is -2.53. The number of benzene rings is 1. The lowest BCUT2D eigenvalue weighted by Gasteiger charge is -2.32. The summed E-state index contributed by atoms with van der Waals surface area (Å²) in [4.78, 5) is 14.4. The largest absolute Gasteiger partial charge is 0.354 e. The molecule has 0 radical (unpaired) electrons. The van der Waals surface area contributed by atoms with Gasteiger partial charge in [-0.3, -0.25) is 9.69 Å². The fraction of sp³-hybridized carbons (Fsp3) is 0.562. The lowest BCUT2D eigenvalue weighted by molar-refractivity contribution is -0.126. The van der Waals surface area contributed by atoms with Gasteiger partial charge < -0.3 is 10.6 Å². The standard InChI is InChI=1S/C16H25N3O.2ClH/c1-13(15-6-4-3-5-7-15)12-18-16(20)14(2)19-10-8-17-9-11-19;;/h3-7,13-14,17H,8-12H2,1-2H3,(H,18,20);2*1H. The maximum Gasteiger partial charge on any atom is 0.237 e. The Kier molecular flexibility index (Phi) is 10.4. The normalized spacial score (nSPS) is 17.5. The second-order valence-corrected chi connectivity index (χ2v) is 5.52. The topological polar surface area (TPSA) is 44.4 Å². The molecule has 2 rings (SSSR count). The zero-order chi connectivity index (χ0) is 14.4. The summed E-state index contributed by atoms with van der Waals surface area (Å²) in [6.07, 6.45) is 0. The molecule has 1 aliphatic heterocycles. The summed E-state index contributed by atoms with van der Waals surface area (Å²) in [5, 5.41) is 6.38. The number of nitrogens with zero attached hydrogens (tertiary/aromatic N) is 1. The van der Waals surface area contributed by atoms with E-state index in [2.05, 4.69) is 34.6 Å². The summed E-state index contributed by atoms with van der Waals surface area (Å²) in [5.74, 6) is 0.477. The predicted molar refractivity (Wildman–Crippen MR) is 96.3 cm³/mol. The lowest BCUT2D eigenvalue weighted by atomic mass is 10.0. The average molecular weight is 348 g/mol. The molecule has 126 valence electrons. The van der Waals surface area contributed by atoms with Gasteiger partial charge in [0.05, 0.1) is 6.04 Å². The molecule has 4 nitrogen and oxygen atoms in total. The zero-order valence-electron chi connectivity index (χ0n) is 13.2. The van der Waals surface area contributed by atoms with Crippen LogP contribution in [0, 0.1) is 0 Å². The number of piperazine rings is 1. The van der Waals surface area contributed by atoms with Crippen molar-refractivity contribution < 1.29 is 4.79 Å². The van der Waals surface area contributed by atoms with Crippen molar-refractivity contribution in [1.82, 2.24) is 15.5 Å². The molecule has 2 atom stereocenters. The first kappa shape index (κ1) is 21.2. The van der Waals surface area contributed by atoms with E-state index in [4.69, 9.17) is 0 Å². The molecule has 1 heterocycles. The Morgan fingerprint density at radius 3 is 2.36 bits per heavy atom. The summed E-state index contributed by atoms with van der Waals surface area (Å²) in [6.45, 7) is 8.67. The highest BCUT2D eigenvalue weighted by Gasteiger charge is 2.22. The molecule has 22 heavy (non-hydrogen) atoms. The Morgan fingerprint density at radius 1 is 1.18 bits per heavy atom. The third-order valence-electron chi connectivity index (χ3n) is 4.03. The van der Waals surface area contributed by atoms with Crippen molar-refractivity contribution in [3.63, 3.8) is 0 Å². The Morgan fingerprint density at radius 2 is 1.77 bits per heavy atom. The molecule has 0 aromatic heterocycles. The summed E-state index contributed by atoms with van der Waals surface area (Å²) < 4.78 is 0. The molecule has 2 unspecified atom stereocenters. The second-order valence-electron chi connectivity index (χ2n) is 5.52. The third-order valence-corrected chi connectivity index (χ3v) is 4.03. The summed E-state index contributed by atoms with van der Waals surface area (Å²) in [7, 11) is 0. The van der Waals surface area contributed by atoms with Crippen molar-refractivity contribution in [3.8, 4) is 0 Å². The number of rotatable bonds is 5. The highest BCUT2D eigenvalue weighted by Crippen LogP contribution is 2.13. The van der Waals surface area contributed by atoms with Crippen LogP contribution in [0.15, 0.2) is 30.3 Å². The fourth-order valence-electron chi connectivity index (χ4n) is 2.54. The number of amides is 1. The molecule has 1 aromatic carbocycles. The van der Waals surface area contributed by atoms with E-state index in [1.807, 2.05) is 25.1 Å². The van der Waals surface area contributed by atoms with Crippen LogP contribution >= 0.6 is 24.8 Å². The fourth-order valence-corrected chi connectivity index (χ4v) is 2.54. The minimum atomic E-state index is -0.0416. The van der Waals surface area contributed by atoms with E-state index in [9.17, 15) is 4.79 Å². The van der Waals surface area contributed by atoms with Crippen LogP contribution in [-0.4, -0.2) is 49.6 Å². The van der Waals surface area contributed by atoms with Gasteiger partial charge in [-0.1, -0.05) is 37.3 Å². The van der Waals surface area contributed by atoms with Gasteiger partial charge in [0.25, 0.3) is 0 Å². The molecule has 1 fully saturated rings. The number of hydrogen-bond donors (Lipinski definition) is 2. The monoisotopic (exact) mass is 347 g/mol. The Bertz CT molecular complexity index is 425. The van der Waals surface area contributed by atoms with Crippen LogP contribution in [0.3, 0.4) is 0 Å². The third kappa shape index (κ3) is 6.13. The first-order valence-electron chi connectivity index (χ1n) is 7.46. The van der Waals surface area contributed by atoms with E-state index in [0.717, 1.165) is 26.2 Å². The number of nitrogens with one attached hydrogen (secondary N) is 2. The Hall–Kier alpha value is -0.810. The predicted octanol–water partition coefficient (Wildman–Crippen LogP) is 2.04. The van der Waals surface area contributed by atoms with E-state index >= 15 is 0 Å². The molecule has 0 aliphatic carbocycles. The van der Waals surface area contributed by atoms with Crippen LogP contribution in [-0.2, 0) is 4.79 Å². The molecular formula is C16H27Cl2N3O. The molecule has 1 saturated heterocycles. The van der Waals surface area contributed by atoms with Gasteiger partial charge in [0.2, 0.25) is 5.91 Å². The van der Waals surface area contributed by atoms with Gasteiger partial charge >= 0.3 is 0 Å². The van der Waals surface area contributed by atoms with Crippen LogP contribution in [0.4, 0.5) is 0 Å². The van der Waals surface area contributed by atoms with Crippen molar-refractivity contribution in [3.05, 3.63) is 35.9 Å². The van der Waals surface area contributed by atoms with Crippen molar-refractivity contribution in [2.45, 2.75) is 25.8 Å². The van der Waals surface area contributed by atoms with Crippen molar-refractivity contribution >= 4 is 30.7 Å².